The van der Waals surface area contributed by atoms with Crippen LogP contribution in [0.4, 0.5) is 5.82 Å². The molecule has 5 rings (SSSR count). The Morgan fingerprint density at radius 1 is 0.926 bits per heavy atom. The van der Waals surface area contributed by atoms with Crippen molar-refractivity contribution in [3.05, 3.63) is 30.1 Å². The molecule has 0 radical (unpaired) electrons. The lowest BCUT2D eigenvalue weighted by molar-refractivity contribution is 0.00858. The van der Waals surface area contributed by atoms with Gasteiger partial charge in [0.1, 0.15) is 12.1 Å². The fraction of sp³-hybridized carbons (Fsp3) is 0.636. The zero-order chi connectivity index (χ0) is 18.5. The Bertz CT molecular complexity index is 718. The predicted molar refractivity (Wildman–Crippen MR) is 110 cm³/mol. The van der Waals surface area contributed by atoms with Crippen molar-refractivity contribution in [2.24, 2.45) is 0 Å². The minimum absolute atomic E-state index is 0.584. The van der Waals surface area contributed by atoms with Crippen LogP contribution in [-0.4, -0.2) is 47.2 Å². The van der Waals surface area contributed by atoms with Gasteiger partial charge in [0.25, 0.3) is 0 Å². The van der Waals surface area contributed by atoms with E-state index in [1.807, 2.05) is 6.07 Å². The summed E-state index contributed by atoms with van der Waals surface area (Å²) in [5, 5.41) is 0.988. The summed E-state index contributed by atoms with van der Waals surface area (Å²) >= 11 is 0. The van der Waals surface area contributed by atoms with Gasteiger partial charge in [-0.25, -0.2) is 9.97 Å². The summed E-state index contributed by atoms with van der Waals surface area (Å²) < 4.78 is 5.35. The van der Waals surface area contributed by atoms with Gasteiger partial charge in [-0.05, 0) is 49.3 Å². The lowest BCUT2D eigenvalue weighted by Gasteiger charge is -2.36. The standard InChI is InChI=1S/C12H13N3.C10H19NO/c13-12-10-6-9(8-2-1-3-8)4-5-11(10)14-7-15-12;1-2-4-10(5-3-1)11-6-8-12-9-7-11/h4-8H,1-3H2,(H2,13,14,15);10H,1-9H2. The van der Waals surface area contributed by atoms with Gasteiger partial charge in [0.05, 0.1) is 18.7 Å². The number of aromatic nitrogens is 2. The molecule has 2 N–H and O–H groups in total. The van der Waals surface area contributed by atoms with Crippen molar-refractivity contribution in [2.45, 2.75) is 63.3 Å². The molecule has 0 unspecified atom stereocenters. The number of nitrogens with two attached hydrogens (primary N) is 1. The highest BCUT2D eigenvalue weighted by molar-refractivity contribution is 5.88. The first-order valence-electron chi connectivity index (χ1n) is 10.6. The molecule has 146 valence electrons. The molecule has 2 aliphatic carbocycles. The lowest BCUT2D eigenvalue weighted by atomic mass is 9.80. The van der Waals surface area contributed by atoms with Crippen molar-refractivity contribution in [3.63, 3.8) is 0 Å². The maximum atomic E-state index is 5.83. The molecule has 2 saturated carbocycles. The summed E-state index contributed by atoms with van der Waals surface area (Å²) in [6, 6.07) is 7.25. The highest BCUT2D eigenvalue weighted by atomic mass is 16.5. The van der Waals surface area contributed by atoms with Gasteiger partial charge >= 0.3 is 0 Å². The van der Waals surface area contributed by atoms with Crippen LogP contribution in [0.5, 0.6) is 0 Å². The Balaban J connectivity index is 0.000000137. The number of nitrogen functional groups attached to an aromatic ring is 1. The van der Waals surface area contributed by atoms with E-state index in [9.17, 15) is 0 Å². The van der Waals surface area contributed by atoms with E-state index in [-0.39, 0.29) is 0 Å². The number of benzene rings is 1. The second kappa shape index (κ2) is 8.98. The number of anilines is 1. The molecule has 3 fully saturated rings. The molecule has 27 heavy (non-hydrogen) atoms. The summed E-state index contributed by atoms with van der Waals surface area (Å²) in [6.45, 7) is 4.25. The number of nitrogens with zero attached hydrogens (tertiary/aromatic N) is 3. The maximum Gasteiger partial charge on any atom is 0.134 e. The minimum Gasteiger partial charge on any atom is -0.383 e. The summed E-state index contributed by atoms with van der Waals surface area (Å²) in [5.41, 5.74) is 8.15. The van der Waals surface area contributed by atoms with Crippen molar-refractivity contribution in [1.29, 1.82) is 0 Å². The van der Waals surface area contributed by atoms with Crippen LogP contribution in [0.1, 0.15) is 62.8 Å². The van der Waals surface area contributed by atoms with E-state index in [1.165, 1.54) is 76.3 Å². The van der Waals surface area contributed by atoms with E-state index >= 15 is 0 Å². The Kier molecular flexibility index (Phi) is 6.20. The van der Waals surface area contributed by atoms with Gasteiger partial charge in [-0.1, -0.05) is 31.7 Å². The highest BCUT2D eigenvalue weighted by Gasteiger charge is 2.22. The van der Waals surface area contributed by atoms with Crippen LogP contribution in [0, 0.1) is 0 Å². The highest BCUT2D eigenvalue weighted by Crippen LogP contribution is 2.37. The smallest absolute Gasteiger partial charge is 0.134 e. The van der Waals surface area contributed by atoms with Gasteiger partial charge in [0.2, 0.25) is 0 Å². The van der Waals surface area contributed by atoms with E-state index in [0.717, 1.165) is 36.1 Å². The van der Waals surface area contributed by atoms with Gasteiger partial charge < -0.3 is 10.5 Å². The van der Waals surface area contributed by atoms with Gasteiger partial charge in [-0.15, -0.1) is 0 Å². The minimum atomic E-state index is 0.584. The molecule has 0 spiro atoms. The lowest BCUT2D eigenvalue weighted by Crippen LogP contribution is -2.44. The van der Waals surface area contributed by atoms with Crippen LogP contribution in [0.3, 0.4) is 0 Å². The Labute approximate surface area is 162 Å². The normalized spacial score (nSPS) is 22.1. The molecule has 1 aromatic heterocycles. The number of rotatable bonds is 2. The first-order valence-corrected chi connectivity index (χ1v) is 10.6. The molecular formula is C22H32N4O. The average molecular weight is 369 g/mol. The van der Waals surface area contributed by atoms with Crippen molar-refractivity contribution in [2.75, 3.05) is 32.0 Å². The van der Waals surface area contributed by atoms with Gasteiger partial charge in [0.15, 0.2) is 0 Å². The molecule has 1 aromatic carbocycles. The molecular weight excluding hydrogens is 336 g/mol. The van der Waals surface area contributed by atoms with E-state index in [4.69, 9.17) is 10.5 Å². The molecule has 1 aliphatic heterocycles. The second-order valence-corrected chi connectivity index (χ2v) is 8.10. The van der Waals surface area contributed by atoms with Gasteiger partial charge in [-0.2, -0.15) is 0 Å². The average Bonchev–Trinajstić information content (AvgIpc) is 2.69. The molecule has 2 heterocycles. The van der Waals surface area contributed by atoms with Crippen LogP contribution in [0.15, 0.2) is 24.5 Å². The number of hydrogen-bond acceptors (Lipinski definition) is 5. The van der Waals surface area contributed by atoms with E-state index in [1.54, 1.807) is 0 Å². The van der Waals surface area contributed by atoms with E-state index in [0.29, 0.717) is 5.82 Å². The van der Waals surface area contributed by atoms with Crippen LogP contribution in [-0.2, 0) is 4.74 Å². The number of morpholine rings is 1. The molecule has 5 nitrogen and oxygen atoms in total. The summed E-state index contributed by atoms with van der Waals surface area (Å²) in [5.74, 6) is 1.31. The van der Waals surface area contributed by atoms with Crippen molar-refractivity contribution >= 4 is 16.7 Å². The van der Waals surface area contributed by atoms with Crippen molar-refractivity contribution in [1.82, 2.24) is 14.9 Å². The number of ether oxygens (including phenoxy) is 1. The molecule has 1 saturated heterocycles. The number of fused-ring (bicyclic) bond motifs is 1. The Morgan fingerprint density at radius 3 is 2.41 bits per heavy atom. The van der Waals surface area contributed by atoms with Crippen molar-refractivity contribution < 1.29 is 4.74 Å². The molecule has 0 bridgehead atoms. The maximum absolute atomic E-state index is 5.83. The zero-order valence-corrected chi connectivity index (χ0v) is 16.3. The summed E-state index contributed by atoms with van der Waals surface area (Å²) in [4.78, 5) is 10.8. The predicted octanol–water partition coefficient (Wildman–Crippen LogP) is 4.13. The molecule has 3 aliphatic rings. The van der Waals surface area contributed by atoms with Gasteiger partial charge in [-0.3, -0.25) is 4.90 Å². The topological polar surface area (TPSA) is 64.3 Å². The van der Waals surface area contributed by atoms with Crippen LogP contribution in [0.2, 0.25) is 0 Å². The monoisotopic (exact) mass is 368 g/mol. The summed E-state index contributed by atoms with van der Waals surface area (Å²) in [7, 11) is 0. The van der Waals surface area contributed by atoms with Crippen LogP contribution in [0.25, 0.3) is 10.9 Å². The fourth-order valence-corrected chi connectivity index (χ4v) is 4.48. The fourth-order valence-electron chi connectivity index (χ4n) is 4.48. The third-order valence-corrected chi connectivity index (χ3v) is 6.40. The molecule has 5 heteroatoms. The number of hydrogen-bond donors (Lipinski definition) is 1. The molecule has 0 amide bonds. The summed E-state index contributed by atoms with van der Waals surface area (Å²) in [6.07, 6.45) is 12.7. The first-order chi connectivity index (χ1) is 13.3. The third kappa shape index (κ3) is 4.58. The van der Waals surface area contributed by atoms with Crippen LogP contribution < -0.4 is 5.73 Å². The van der Waals surface area contributed by atoms with E-state index < -0.39 is 0 Å². The van der Waals surface area contributed by atoms with E-state index in [2.05, 4.69) is 27.0 Å². The Morgan fingerprint density at radius 2 is 1.70 bits per heavy atom. The molecule has 2 aromatic rings. The second-order valence-electron chi connectivity index (χ2n) is 8.10. The SMILES string of the molecule is C1CCC(N2CCOCC2)CC1.Nc1ncnc2ccc(C3CCC3)cc12. The van der Waals surface area contributed by atoms with Crippen LogP contribution >= 0.6 is 0 Å². The zero-order valence-electron chi connectivity index (χ0n) is 16.3. The third-order valence-electron chi connectivity index (χ3n) is 6.40. The first kappa shape index (κ1) is 18.6. The molecule has 0 atom stereocenters. The largest absolute Gasteiger partial charge is 0.383 e. The quantitative estimate of drug-likeness (QED) is 0.863. The van der Waals surface area contributed by atoms with Crippen molar-refractivity contribution in [3.8, 4) is 0 Å². The van der Waals surface area contributed by atoms with Gasteiger partial charge in [0, 0.05) is 24.5 Å². The Hall–Kier alpha value is -1.72.